The first-order valence-electron chi connectivity index (χ1n) is 7.95. The van der Waals surface area contributed by atoms with Crippen molar-refractivity contribution in [2.75, 3.05) is 13.2 Å². The van der Waals surface area contributed by atoms with E-state index in [0.29, 0.717) is 12.3 Å². The summed E-state index contributed by atoms with van der Waals surface area (Å²) in [5.41, 5.74) is 6.54. The Kier molecular flexibility index (Phi) is 9.29. The molecular formula is C17H28N2O2. The SMILES string of the molecule is CCCCCCCCNC(=O)COc1ccccc1CN. The fourth-order valence-corrected chi connectivity index (χ4v) is 2.14. The van der Waals surface area contributed by atoms with E-state index in [1.54, 1.807) is 0 Å². The molecule has 0 bridgehead atoms. The lowest BCUT2D eigenvalue weighted by atomic mass is 10.1. The molecule has 4 heteroatoms. The first-order chi connectivity index (χ1) is 10.3. The van der Waals surface area contributed by atoms with Crippen molar-refractivity contribution in [1.29, 1.82) is 0 Å². The lowest BCUT2D eigenvalue weighted by Crippen LogP contribution is -2.29. The van der Waals surface area contributed by atoms with E-state index >= 15 is 0 Å². The summed E-state index contributed by atoms with van der Waals surface area (Å²) in [4.78, 5) is 11.7. The van der Waals surface area contributed by atoms with Crippen molar-refractivity contribution in [3.05, 3.63) is 29.8 Å². The molecule has 1 aromatic carbocycles. The van der Waals surface area contributed by atoms with Gasteiger partial charge in [-0.2, -0.15) is 0 Å². The molecule has 0 aliphatic heterocycles. The molecule has 0 saturated heterocycles. The Bertz CT molecular complexity index is 408. The highest BCUT2D eigenvalue weighted by atomic mass is 16.5. The molecule has 1 aromatic rings. The highest BCUT2D eigenvalue weighted by molar-refractivity contribution is 5.77. The number of rotatable bonds is 11. The van der Waals surface area contributed by atoms with E-state index in [1.165, 1.54) is 32.1 Å². The fourth-order valence-electron chi connectivity index (χ4n) is 2.14. The predicted octanol–water partition coefficient (Wildman–Crippen LogP) is 3.00. The first kappa shape index (κ1) is 17.5. The number of nitrogens with one attached hydrogen (secondary N) is 1. The maximum Gasteiger partial charge on any atom is 0.257 e. The van der Waals surface area contributed by atoms with Crippen LogP contribution in [-0.2, 0) is 11.3 Å². The van der Waals surface area contributed by atoms with Crippen molar-refractivity contribution in [3.8, 4) is 5.75 Å². The Morgan fingerprint density at radius 1 is 1.14 bits per heavy atom. The zero-order valence-corrected chi connectivity index (χ0v) is 13.1. The Hall–Kier alpha value is -1.55. The molecule has 0 atom stereocenters. The number of amides is 1. The van der Waals surface area contributed by atoms with E-state index in [4.69, 9.17) is 10.5 Å². The Morgan fingerprint density at radius 3 is 2.62 bits per heavy atom. The minimum Gasteiger partial charge on any atom is -0.483 e. The lowest BCUT2D eigenvalue weighted by Gasteiger charge is -2.10. The molecule has 0 spiro atoms. The van der Waals surface area contributed by atoms with Crippen molar-refractivity contribution in [1.82, 2.24) is 5.32 Å². The van der Waals surface area contributed by atoms with Crippen LogP contribution in [0.2, 0.25) is 0 Å². The summed E-state index contributed by atoms with van der Waals surface area (Å²) in [6.07, 6.45) is 7.33. The van der Waals surface area contributed by atoms with E-state index in [0.717, 1.165) is 18.5 Å². The van der Waals surface area contributed by atoms with Crippen LogP contribution in [0, 0.1) is 0 Å². The highest BCUT2D eigenvalue weighted by Crippen LogP contribution is 2.16. The van der Waals surface area contributed by atoms with Gasteiger partial charge >= 0.3 is 0 Å². The van der Waals surface area contributed by atoms with Crippen LogP contribution in [0.25, 0.3) is 0 Å². The van der Waals surface area contributed by atoms with Gasteiger partial charge in [-0.3, -0.25) is 4.79 Å². The number of carbonyl (C=O) groups excluding carboxylic acids is 1. The van der Waals surface area contributed by atoms with Gasteiger partial charge in [0.2, 0.25) is 0 Å². The molecule has 0 radical (unpaired) electrons. The maximum absolute atomic E-state index is 11.7. The maximum atomic E-state index is 11.7. The van der Waals surface area contributed by atoms with Gasteiger partial charge in [0.05, 0.1) is 0 Å². The summed E-state index contributed by atoms with van der Waals surface area (Å²) in [6, 6.07) is 7.53. The standard InChI is InChI=1S/C17H28N2O2/c1-2-3-4-5-6-9-12-19-17(20)14-21-16-11-8-7-10-15(16)13-18/h7-8,10-11H,2-6,9,12-14,18H2,1H3,(H,19,20). The van der Waals surface area contributed by atoms with Crippen molar-refractivity contribution >= 4 is 5.91 Å². The number of benzene rings is 1. The minimum atomic E-state index is -0.0737. The van der Waals surface area contributed by atoms with Gasteiger partial charge in [-0.1, -0.05) is 57.2 Å². The van der Waals surface area contributed by atoms with Crippen LogP contribution in [0.4, 0.5) is 0 Å². The van der Waals surface area contributed by atoms with E-state index in [2.05, 4.69) is 12.2 Å². The van der Waals surface area contributed by atoms with E-state index in [1.807, 2.05) is 24.3 Å². The molecule has 0 unspecified atom stereocenters. The second kappa shape index (κ2) is 11.1. The van der Waals surface area contributed by atoms with Crippen molar-refractivity contribution in [2.24, 2.45) is 5.73 Å². The smallest absolute Gasteiger partial charge is 0.257 e. The molecule has 0 heterocycles. The van der Waals surface area contributed by atoms with E-state index in [9.17, 15) is 4.79 Å². The van der Waals surface area contributed by atoms with Gasteiger partial charge in [-0.25, -0.2) is 0 Å². The van der Waals surface area contributed by atoms with Gasteiger partial charge in [0.15, 0.2) is 6.61 Å². The molecule has 0 aliphatic rings. The summed E-state index contributed by atoms with van der Waals surface area (Å²) >= 11 is 0. The molecule has 1 amide bonds. The third-order valence-corrected chi connectivity index (χ3v) is 3.40. The molecule has 21 heavy (non-hydrogen) atoms. The first-order valence-corrected chi connectivity index (χ1v) is 7.95. The molecule has 0 aliphatic carbocycles. The second-order valence-electron chi connectivity index (χ2n) is 5.22. The fraction of sp³-hybridized carbons (Fsp3) is 0.588. The summed E-state index contributed by atoms with van der Waals surface area (Å²) in [7, 11) is 0. The number of nitrogens with two attached hydrogens (primary N) is 1. The van der Waals surface area contributed by atoms with E-state index < -0.39 is 0 Å². The quantitative estimate of drug-likeness (QED) is 0.616. The Balaban J connectivity index is 2.11. The number of hydrogen-bond donors (Lipinski definition) is 2. The van der Waals surface area contributed by atoms with Crippen molar-refractivity contribution < 1.29 is 9.53 Å². The summed E-state index contributed by atoms with van der Waals surface area (Å²) in [5, 5.41) is 2.89. The highest BCUT2D eigenvalue weighted by Gasteiger charge is 2.05. The molecule has 4 nitrogen and oxygen atoms in total. The zero-order chi connectivity index (χ0) is 15.3. The third kappa shape index (κ3) is 7.71. The van der Waals surface area contributed by atoms with Crippen LogP contribution in [0.1, 0.15) is 51.0 Å². The topological polar surface area (TPSA) is 64.3 Å². The molecule has 3 N–H and O–H groups in total. The van der Waals surface area contributed by atoms with Crippen LogP contribution >= 0.6 is 0 Å². The van der Waals surface area contributed by atoms with Gasteiger partial charge in [-0.15, -0.1) is 0 Å². The second-order valence-corrected chi connectivity index (χ2v) is 5.22. The molecular weight excluding hydrogens is 264 g/mol. The normalized spacial score (nSPS) is 10.4. The summed E-state index contributed by atoms with van der Waals surface area (Å²) in [6.45, 7) is 3.40. The summed E-state index contributed by atoms with van der Waals surface area (Å²) in [5.74, 6) is 0.616. The van der Waals surface area contributed by atoms with Crippen molar-refractivity contribution in [2.45, 2.75) is 52.0 Å². The van der Waals surface area contributed by atoms with Crippen LogP contribution in [0.15, 0.2) is 24.3 Å². The van der Waals surface area contributed by atoms with Crippen molar-refractivity contribution in [3.63, 3.8) is 0 Å². The summed E-state index contributed by atoms with van der Waals surface area (Å²) < 4.78 is 5.51. The average molecular weight is 292 g/mol. The van der Waals surface area contributed by atoms with Crippen LogP contribution in [0.3, 0.4) is 0 Å². The van der Waals surface area contributed by atoms with Gasteiger partial charge in [0, 0.05) is 18.7 Å². The van der Waals surface area contributed by atoms with Gasteiger partial charge in [-0.05, 0) is 12.5 Å². The minimum absolute atomic E-state index is 0.0485. The third-order valence-electron chi connectivity index (χ3n) is 3.40. The number of ether oxygens (including phenoxy) is 1. The van der Waals surface area contributed by atoms with Gasteiger partial charge in [0.25, 0.3) is 5.91 Å². The largest absolute Gasteiger partial charge is 0.483 e. The molecule has 0 fully saturated rings. The van der Waals surface area contributed by atoms with E-state index in [-0.39, 0.29) is 12.5 Å². The zero-order valence-electron chi connectivity index (χ0n) is 13.1. The number of para-hydroxylation sites is 1. The number of carbonyl (C=O) groups is 1. The Labute approximate surface area is 128 Å². The Morgan fingerprint density at radius 2 is 1.86 bits per heavy atom. The average Bonchev–Trinajstić information content (AvgIpc) is 2.52. The molecule has 0 saturated carbocycles. The van der Waals surface area contributed by atoms with Gasteiger partial charge < -0.3 is 15.8 Å². The molecule has 118 valence electrons. The number of unbranched alkanes of at least 4 members (excludes halogenated alkanes) is 5. The van der Waals surface area contributed by atoms with Gasteiger partial charge in [0.1, 0.15) is 5.75 Å². The molecule has 0 aromatic heterocycles. The lowest BCUT2D eigenvalue weighted by molar-refractivity contribution is -0.123. The van der Waals surface area contributed by atoms with Crippen LogP contribution < -0.4 is 15.8 Å². The van der Waals surface area contributed by atoms with Crippen LogP contribution in [-0.4, -0.2) is 19.1 Å². The van der Waals surface area contributed by atoms with Crippen LogP contribution in [0.5, 0.6) is 5.75 Å². The predicted molar refractivity (Wildman–Crippen MR) is 86.2 cm³/mol. The molecule has 1 rings (SSSR count). The monoisotopic (exact) mass is 292 g/mol. The number of hydrogen-bond acceptors (Lipinski definition) is 3.